The summed E-state index contributed by atoms with van der Waals surface area (Å²) in [5, 5.41) is 3.70. The standard InChI is InChI=1S/C10H10N2O3S/c1-15-9-3-5-10(6-4-9)16(13,14)12-8-2-7-11-12/h2-8H,1H3. The summed E-state index contributed by atoms with van der Waals surface area (Å²) in [4.78, 5) is 0.178. The van der Waals surface area contributed by atoms with Gasteiger partial charge < -0.3 is 4.74 Å². The molecule has 0 unspecified atom stereocenters. The third-order valence-corrected chi connectivity index (χ3v) is 3.66. The fraction of sp³-hybridized carbons (Fsp3) is 0.100. The van der Waals surface area contributed by atoms with Gasteiger partial charge in [-0.3, -0.25) is 0 Å². The normalized spacial score (nSPS) is 11.3. The van der Waals surface area contributed by atoms with Crippen LogP contribution in [-0.2, 0) is 10.0 Å². The molecule has 0 N–H and O–H groups in total. The molecule has 0 bridgehead atoms. The summed E-state index contributed by atoms with van der Waals surface area (Å²) in [5.41, 5.74) is 0. The lowest BCUT2D eigenvalue weighted by atomic mass is 10.3. The fourth-order valence-corrected chi connectivity index (χ4v) is 2.36. The Hall–Kier alpha value is -1.82. The van der Waals surface area contributed by atoms with Crippen LogP contribution >= 0.6 is 0 Å². The number of hydrogen-bond donors (Lipinski definition) is 0. The van der Waals surface area contributed by atoms with E-state index in [9.17, 15) is 8.42 Å². The van der Waals surface area contributed by atoms with Crippen molar-refractivity contribution in [2.75, 3.05) is 7.11 Å². The molecule has 0 fully saturated rings. The van der Waals surface area contributed by atoms with Gasteiger partial charge >= 0.3 is 0 Å². The van der Waals surface area contributed by atoms with Crippen LogP contribution in [0.5, 0.6) is 5.75 Å². The number of methoxy groups -OCH3 is 1. The predicted octanol–water partition coefficient (Wildman–Crippen LogP) is 1.13. The molecule has 0 aliphatic carbocycles. The zero-order valence-electron chi connectivity index (χ0n) is 8.57. The molecular weight excluding hydrogens is 228 g/mol. The first-order valence-corrected chi connectivity index (χ1v) is 5.98. The van der Waals surface area contributed by atoms with E-state index in [1.807, 2.05) is 0 Å². The highest BCUT2D eigenvalue weighted by atomic mass is 32.2. The lowest BCUT2D eigenvalue weighted by molar-refractivity contribution is 0.414. The minimum Gasteiger partial charge on any atom is -0.497 e. The highest BCUT2D eigenvalue weighted by Gasteiger charge is 2.16. The number of aromatic nitrogens is 2. The molecule has 0 atom stereocenters. The Bertz CT molecular complexity index is 559. The topological polar surface area (TPSA) is 61.2 Å². The summed E-state index contributed by atoms with van der Waals surface area (Å²) in [6, 6.07) is 7.71. The van der Waals surface area contributed by atoms with E-state index in [2.05, 4.69) is 5.10 Å². The average molecular weight is 238 g/mol. The minimum atomic E-state index is -3.57. The largest absolute Gasteiger partial charge is 0.497 e. The monoisotopic (exact) mass is 238 g/mol. The average Bonchev–Trinajstić information content (AvgIpc) is 2.83. The van der Waals surface area contributed by atoms with Crippen LogP contribution < -0.4 is 4.74 Å². The lowest BCUT2D eigenvalue weighted by Crippen LogP contribution is -2.13. The zero-order valence-corrected chi connectivity index (χ0v) is 9.39. The van der Waals surface area contributed by atoms with Gasteiger partial charge in [0.05, 0.1) is 18.2 Å². The molecule has 5 nitrogen and oxygen atoms in total. The maximum Gasteiger partial charge on any atom is 0.282 e. The van der Waals surface area contributed by atoms with Gasteiger partial charge in [0.25, 0.3) is 10.0 Å². The Morgan fingerprint density at radius 3 is 2.44 bits per heavy atom. The zero-order chi connectivity index (χ0) is 11.6. The lowest BCUT2D eigenvalue weighted by Gasteiger charge is -2.05. The molecule has 16 heavy (non-hydrogen) atoms. The van der Waals surface area contributed by atoms with Gasteiger partial charge in [-0.05, 0) is 30.3 Å². The van der Waals surface area contributed by atoms with Gasteiger partial charge in [0, 0.05) is 6.20 Å². The smallest absolute Gasteiger partial charge is 0.282 e. The van der Waals surface area contributed by atoms with Crippen molar-refractivity contribution < 1.29 is 13.2 Å². The summed E-state index contributed by atoms with van der Waals surface area (Å²) >= 11 is 0. The number of rotatable bonds is 3. The predicted molar refractivity (Wildman–Crippen MR) is 57.8 cm³/mol. The molecule has 1 aromatic carbocycles. The second kappa shape index (κ2) is 3.97. The molecule has 0 spiro atoms. The molecule has 2 aromatic rings. The maximum absolute atomic E-state index is 12.0. The summed E-state index contributed by atoms with van der Waals surface area (Å²) in [6.45, 7) is 0. The molecule has 0 aliphatic heterocycles. The highest BCUT2D eigenvalue weighted by molar-refractivity contribution is 7.89. The fourth-order valence-electron chi connectivity index (χ4n) is 1.25. The highest BCUT2D eigenvalue weighted by Crippen LogP contribution is 2.17. The first kappa shape index (κ1) is 10.7. The van der Waals surface area contributed by atoms with Crippen LogP contribution in [0.2, 0.25) is 0 Å². The number of ether oxygens (including phenoxy) is 1. The van der Waals surface area contributed by atoms with Crippen molar-refractivity contribution in [1.29, 1.82) is 0 Å². The van der Waals surface area contributed by atoms with Gasteiger partial charge in [0.2, 0.25) is 0 Å². The number of nitrogens with zero attached hydrogens (tertiary/aromatic N) is 2. The number of hydrogen-bond acceptors (Lipinski definition) is 4. The summed E-state index contributed by atoms with van der Waals surface area (Å²) in [6.07, 6.45) is 2.81. The van der Waals surface area contributed by atoms with E-state index in [0.29, 0.717) is 5.75 Å². The van der Waals surface area contributed by atoms with Gasteiger partial charge in [-0.2, -0.15) is 17.6 Å². The van der Waals surface area contributed by atoms with E-state index >= 15 is 0 Å². The van der Waals surface area contributed by atoms with Gasteiger partial charge in [0.1, 0.15) is 5.75 Å². The third-order valence-electron chi connectivity index (χ3n) is 2.08. The maximum atomic E-state index is 12.0. The van der Waals surface area contributed by atoms with Crippen LogP contribution in [0.15, 0.2) is 47.6 Å². The van der Waals surface area contributed by atoms with Crippen molar-refractivity contribution in [3.63, 3.8) is 0 Å². The first-order valence-electron chi connectivity index (χ1n) is 4.54. The van der Waals surface area contributed by atoms with Gasteiger partial charge in [0.15, 0.2) is 0 Å². The summed E-state index contributed by atoms with van der Waals surface area (Å²) in [7, 11) is -2.05. The van der Waals surface area contributed by atoms with Crippen molar-refractivity contribution in [2.24, 2.45) is 0 Å². The molecule has 6 heteroatoms. The molecule has 1 aromatic heterocycles. The Morgan fingerprint density at radius 1 is 1.25 bits per heavy atom. The van der Waals surface area contributed by atoms with E-state index in [1.54, 1.807) is 18.2 Å². The van der Waals surface area contributed by atoms with E-state index in [1.165, 1.54) is 31.6 Å². The van der Waals surface area contributed by atoms with Crippen LogP contribution in [0.1, 0.15) is 0 Å². The second-order valence-corrected chi connectivity index (χ2v) is 4.85. The Labute approximate surface area is 93.3 Å². The Balaban J connectivity index is 2.44. The molecule has 0 saturated carbocycles. The molecule has 0 radical (unpaired) electrons. The molecule has 84 valence electrons. The van der Waals surface area contributed by atoms with Crippen molar-refractivity contribution >= 4 is 10.0 Å². The Kier molecular flexibility index (Phi) is 2.66. The molecule has 2 rings (SSSR count). The summed E-state index contributed by atoms with van der Waals surface area (Å²) in [5.74, 6) is 0.611. The Morgan fingerprint density at radius 2 is 1.94 bits per heavy atom. The second-order valence-electron chi connectivity index (χ2n) is 3.06. The van der Waals surface area contributed by atoms with Crippen LogP contribution in [0.4, 0.5) is 0 Å². The van der Waals surface area contributed by atoms with Crippen LogP contribution in [0.3, 0.4) is 0 Å². The van der Waals surface area contributed by atoms with Gasteiger partial charge in [-0.1, -0.05) is 0 Å². The van der Waals surface area contributed by atoms with Crippen LogP contribution in [0.25, 0.3) is 0 Å². The minimum absolute atomic E-state index is 0.178. The van der Waals surface area contributed by atoms with Crippen molar-refractivity contribution in [2.45, 2.75) is 4.90 Å². The van der Waals surface area contributed by atoms with E-state index in [4.69, 9.17) is 4.74 Å². The molecule has 0 aliphatic rings. The summed E-state index contributed by atoms with van der Waals surface area (Å²) < 4.78 is 29.8. The van der Waals surface area contributed by atoms with Crippen molar-refractivity contribution in [1.82, 2.24) is 9.19 Å². The van der Waals surface area contributed by atoms with Crippen LogP contribution in [0, 0.1) is 0 Å². The van der Waals surface area contributed by atoms with E-state index in [0.717, 1.165) is 4.09 Å². The molecule has 0 saturated heterocycles. The van der Waals surface area contributed by atoms with Crippen molar-refractivity contribution in [3.8, 4) is 5.75 Å². The molecular formula is C10H10N2O3S. The van der Waals surface area contributed by atoms with Gasteiger partial charge in [-0.15, -0.1) is 0 Å². The molecule has 1 heterocycles. The van der Waals surface area contributed by atoms with E-state index < -0.39 is 10.0 Å². The van der Waals surface area contributed by atoms with Gasteiger partial charge in [-0.25, -0.2) is 0 Å². The quantitative estimate of drug-likeness (QED) is 0.804. The van der Waals surface area contributed by atoms with E-state index in [-0.39, 0.29) is 4.90 Å². The van der Waals surface area contributed by atoms with Crippen LogP contribution in [-0.4, -0.2) is 24.7 Å². The number of benzene rings is 1. The van der Waals surface area contributed by atoms with Crippen molar-refractivity contribution in [3.05, 3.63) is 42.7 Å². The molecule has 0 amide bonds. The third kappa shape index (κ3) is 1.79. The SMILES string of the molecule is COc1ccc(S(=O)(=O)n2cccn2)cc1. The first-order chi connectivity index (χ1) is 7.64.